The van der Waals surface area contributed by atoms with E-state index in [1.54, 1.807) is 24.3 Å². The number of rotatable bonds is 6. The Kier molecular flexibility index (Phi) is 4.73. The SMILES string of the molecule is CC(C)CCC(=O)OCCN1C(=O)c2ccccc2C1=O. The molecule has 0 fully saturated rings. The molecule has 0 bridgehead atoms. The summed E-state index contributed by atoms with van der Waals surface area (Å²) in [5.41, 5.74) is 0.822. The highest BCUT2D eigenvalue weighted by molar-refractivity contribution is 6.21. The number of carbonyl (C=O) groups is 3. The summed E-state index contributed by atoms with van der Waals surface area (Å²) in [5, 5.41) is 0. The molecule has 1 aliphatic heterocycles. The maximum absolute atomic E-state index is 12.1. The third-order valence-electron chi connectivity index (χ3n) is 3.38. The summed E-state index contributed by atoms with van der Waals surface area (Å²) in [6.45, 7) is 4.21. The second-order valence-corrected chi connectivity index (χ2v) is 5.46. The van der Waals surface area contributed by atoms with E-state index in [9.17, 15) is 14.4 Å². The zero-order valence-electron chi connectivity index (χ0n) is 12.3. The molecule has 1 aromatic carbocycles. The van der Waals surface area contributed by atoms with Crippen LogP contribution in [0.2, 0.25) is 0 Å². The fourth-order valence-corrected chi connectivity index (χ4v) is 2.17. The average molecular weight is 289 g/mol. The second kappa shape index (κ2) is 6.52. The minimum Gasteiger partial charge on any atom is -0.464 e. The highest BCUT2D eigenvalue weighted by Gasteiger charge is 2.34. The lowest BCUT2D eigenvalue weighted by molar-refractivity contribution is -0.144. The van der Waals surface area contributed by atoms with Crippen LogP contribution < -0.4 is 0 Å². The van der Waals surface area contributed by atoms with Crippen LogP contribution in [0.4, 0.5) is 0 Å². The molecule has 112 valence electrons. The standard InChI is InChI=1S/C16H19NO4/c1-11(2)7-8-14(18)21-10-9-17-15(19)12-5-3-4-6-13(12)16(17)20/h3-6,11H,7-10H2,1-2H3. The van der Waals surface area contributed by atoms with Gasteiger partial charge in [-0.05, 0) is 24.5 Å². The number of carbonyl (C=O) groups excluding carboxylic acids is 3. The first-order valence-electron chi connectivity index (χ1n) is 7.11. The van der Waals surface area contributed by atoms with E-state index >= 15 is 0 Å². The topological polar surface area (TPSA) is 63.7 Å². The van der Waals surface area contributed by atoms with Crippen molar-refractivity contribution in [1.29, 1.82) is 0 Å². The average Bonchev–Trinajstić information content (AvgIpc) is 2.70. The highest BCUT2D eigenvalue weighted by atomic mass is 16.5. The Hall–Kier alpha value is -2.17. The number of nitrogens with zero attached hydrogens (tertiary/aromatic N) is 1. The van der Waals surface area contributed by atoms with E-state index in [2.05, 4.69) is 0 Å². The van der Waals surface area contributed by atoms with Gasteiger partial charge in [0.1, 0.15) is 6.61 Å². The van der Waals surface area contributed by atoms with Crippen molar-refractivity contribution in [3.63, 3.8) is 0 Å². The summed E-state index contributed by atoms with van der Waals surface area (Å²) >= 11 is 0. The van der Waals surface area contributed by atoms with E-state index in [4.69, 9.17) is 4.74 Å². The van der Waals surface area contributed by atoms with Crippen LogP contribution in [0.25, 0.3) is 0 Å². The number of ether oxygens (including phenoxy) is 1. The fourth-order valence-electron chi connectivity index (χ4n) is 2.17. The second-order valence-electron chi connectivity index (χ2n) is 5.46. The van der Waals surface area contributed by atoms with Crippen LogP contribution in [0.3, 0.4) is 0 Å². The van der Waals surface area contributed by atoms with Gasteiger partial charge in [0.25, 0.3) is 11.8 Å². The number of imide groups is 1. The molecule has 0 saturated carbocycles. The van der Waals surface area contributed by atoms with Crippen LogP contribution in [0, 0.1) is 5.92 Å². The molecule has 1 aromatic rings. The quantitative estimate of drug-likeness (QED) is 0.595. The zero-order chi connectivity index (χ0) is 15.4. The van der Waals surface area contributed by atoms with Gasteiger partial charge in [-0.2, -0.15) is 0 Å². The van der Waals surface area contributed by atoms with Crippen LogP contribution in [-0.2, 0) is 9.53 Å². The Morgan fingerprint density at radius 2 is 1.71 bits per heavy atom. The number of amides is 2. The third kappa shape index (κ3) is 3.48. The smallest absolute Gasteiger partial charge is 0.305 e. The molecule has 21 heavy (non-hydrogen) atoms. The summed E-state index contributed by atoms with van der Waals surface area (Å²) in [6, 6.07) is 6.70. The van der Waals surface area contributed by atoms with Gasteiger partial charge >= 0.3 is 5.97 Å². The lowest BCUT2D eigenvalue weighted by Gasteiger charge is -2.14. The molecule has 0 radical (unpaired) electrons. The summed E-state index contributed by atoms with van der Waals surface area (Å²) in [6.07, 6.45) is 1.13. The van der Waals surface area contributed by atoms with Gasteiger partial charge in [0.15, 0.2) is 0 Å². The molecular weight excluding hydrogens is 270 g/mol. The van der Waals surface area contributed by atoms with E-state index in [-0.39, 0.29) is 30.9 Å². The first-order valence-corrected chi connectivity index (χ1v) is 7.11. The first-order chi connectivity index (χ1) is 10.0. The monoisotopic (exact) mass is 289 g/mol. The van der Waals surface area contributed by atoms with Crippen molar-refractivity contribution in [2.45, 2.75) is 26.7 Å². The summed E-state index contributed by atoms with van der Waals surface area (Å²) < 4.78 is 5.06. The molecule has 0 aliphatic carbocycles. The predicted molar refractivity (Wildman–Crippen MR) is 76.8 cm³/mol. The lowest BCUT2D eigenvalue weighted by atomic mass is 10.1. The van der Waals surface area contributed by atoms with Crippen molar-refractivity contribution in [2.24, 2.45) is 5.92 Å². The first kappa shape index (κ1) is 15.2. The van der Waals surface area contributed by atoms with Gasteiger partial charge < -0.3 is 4.74 Å². The Morgan fingerprint density at radius 3 is 2.24 bits per heavy atom. The van der Waals surface area contributed by atoms with Gasteiger partial charge in [0, 0.05) is 6.42 Å². The Bertz CT molecular complexity index is 530. The number of hydrogen-bond acceptors (Lipinski definition) is 4. The Morgan fingerprint density at radius 1 is 1.14 bits per heavy atom. The van der Waals surface area contributed by atoms with Crippen LogP contribution in [-0.4, -0.2) is 35.8 Å². The normalized spacial score (nSPS) is 13.8. The molecule has 2 amide bonds. The fraction of sp³-hybridized carbons (Fsp3) is 0.438. The van der Waals surface area contributed by atoms with Crippen LogP contribution in [0.15, 0.2) is 24.3 Å². The van der Waals surface area contributed by atoms with Crippen LogP contribution in [0.5, 0.6) is 0 Å². The molecule has 1 heterocycles. The van der Waals surface area contributed by atoms with Gasteiger partial charge in [0.05, 0.1) is 17.7 Å². The molecule has 0 unspecified atom stereocenters. The van der Waals surface area contributed by atoms with Crippen molar-refractivity contribution in [3.05, 3.63) is 35.4 Å². The van der Waals surface area contributed by atoms with Crippen LogP contribution in [0.1, 0.15) is 47.4 Å². The maximum atomic E-state index is 12.1. The molecule has 5 heteroatoms. The lowest BCUT2D eigenvalue weighted by Crippen LogP contribution is -2.33. The summed E-state index contributed by atoms with van der Waals surface area (Å²) in [5.74, 6) is -0.503. The van der Waals surface area contributed by atoms with Crippen molar-refractivity contribution in [3.8, 4) is 0 Å². The van der Waals surface area contributed by atoms with Crippen LogP contribution >= 0.6 is 0 Å². The van der Waals surface area contributed by atoms with Crippen molar-refractivity contribution < 1.29 is 19.1 Å². The molecule has 0 atom stereocenters. The molecule has 2 rings (SSSR count). The van der Waals surface area contributed by atoms with E-state index < -0.39 is 0 Å². The number of esters is 1. The van der Waals surface area contributed by atoms with Crippen molar-refractivity contribution >= 4 is 17.8 Å². The molecule has 5 nitrogen and oxygen atoms in total. The number of benzene rings is 1. The minimum atomic E-state index is -0.325. The Labute approximate surface area is 123 Å². The molecular formula is C16H19NO4. The van der Waals surface area contributed by atoms with Gasteiger partial charge in [-0.1, -0.05) is 26.0 Å². The molecule has 0 spiro atoms. The summed E-state index contributed by atoms with van der Waals surface area (Å²) in [4.78, 5) is 36.7. The molecule has 1 aliphatic rings. The van der Waals surface area contributed by atoms with Gasteiger partial charge in [-0.25, -0.2) is 0 Å². The van der Waals surface area contributed by atoms with E-state index in [0.29, 0.717) is 23.5 Å². The largest absolute Gasteiger partial charge is 0.464 e. The van der Waals surface area contributed by atoms with Crippen molar-refractivity contribution in [1.82, 2.24) is 4.90 Å². The Balaban J connectivity index is 1.84. The van der Waals surface area contributed by atoms with E-state index in [0.717, 1.165) is 11.3 Å². The highest BCUT2D eigenvalue weighted by Crippen LogP contribution is 2.21. The third-order valence-corrected chi connectivity index (χ3v) is 3.38. The minimum absolute atomic E-state index is 0.0440. The number of fused-ring (bicyclic) bond motifs is 1. The van der Waals surface area contributed by atoms with Gasteiger partial charge in [0.2, 0.25) is 0 Å². The van der Waals surface area contributed by atoms with Crippen molar-refractivity contribution in [2.75, 3.05) is 13.2 Å². The number of hydrogen-bond donors (Lipinski definition) is 0. The van der Waals surface area contributed by atoms with Gasteiger partial charge in [-0.3, -0.25) is 19.3 Å². The zero-order valence-corrected chi connectivity index (χ0v) is 12.3. The van der Waals surface area contributed by atoms with E-state index in [1.807, 2.05) is 13.8 Å². The maximum Gasteiger partial charge on any atom is 0.305 e. The molecule has 0 aromatic heterocycles. The van der Waals surface area contributed by atoms with E-state index in [1.165, 1.54) is 0 Å². The summed E-state index contributed by atoms with van der Waals surface area (Å²) in [7, 11) is 0. The molecule has 0 N–H and O–H groups in total. The predicted octanol–water partition coefficient (Wildman–Crippen LogP) is 2.26. The van der Waals surface area contributed by atoms with Gasteiger partial charge in [-0.15, -0.1) is 0 Å². The molecule has 0 saturated heterocycles.